The van der Waals surface area contributed by atoms with E-state index >= 15 is 0 Å². The second-order valence-electron chi connectivity index (χ2n) is 27.1. The van der Waals surface area contributed by atoms with Crippen molar-refractivity contribution >= 4 is 39.5 Å². The van der Waals surface area contributed by atoms with Crippen LogP contribution in [0.4, 0.5) is 0 Å². The summed E-state index contributed by atoms with van der Waals surface area (Å²) in [4.78, 5) is 72.6. The molecule has 17 nitrogen and oxygen atoms in total. The van der Waals surface area contributed by atoms with E-state index in [-0.39, 0.29) is 25.7 Å². The highest BCUT2D eigenvalue weighted by Gasteiger charge is 2.30. The van der Waals surface area contributed by atoms with Crippen LogP contribution in [0, 0.1) is 17.8 Å². The molecule has 542 valence electrons. The van der Waals surface area contributed by atoms with Crippen LogP contribution in [0.1, 0.15) is 344 Å². The molecule has 0 aromatic carbocycles. The lowest BCUT2D eigenvalue weighted by Gasteiger charge is -2.21. The molecule has 0 fully saturated rings. The molecule has 19 heteroatoms. The number of hydrogen-bond donors (Lipinski definition) is 3. The first-order valence-electron chi connectivity index (χ1n) is 37.2. The molecule has 3 N–H and O–H groups in total. The van der Waals surface area contributed by atoms with Crippen molar-refractivity contribution in [2.24, 2.45) is 17.8 Å². The average Bonchev–Trinajstić information content (AvgIpc) is 2.39. The predicted octanol–water partition coefficient (Wildman–Crippen LogP) is 20.6. The molecule has 0 saturated heterocycles. The van der Waals surface area contributed by atoms with E-state index in [9.17, 15) is 43.2 Å². The summed E-state index contributed by atoms with van der Waals surface area (Å²) < 4.78 is 68.3. The molecular formula is C73H138O17P2. The van der Waals surface area contributed by atoms with Crippen molar-refractivity contribution in [2.45, 2.75) is 362 Å². The maximum atomic E-state index is 13.0. The molecule has 0 radical (unpaired) electrons. The van der Waals surface area contributed by atoms with Gasteiger partial charge in [-0.2, -0.15) is 0 Å². The van der Waals surface area contributed by atoms with Crippen molar-refractivity contribution in [2.75, 3.05) is 39.6 Å². The normalized spacial score (nSPS) is 14.3. The average molecular weight is 1350 g/mol. The van der Waals surface area contributed by atoms with Gasteiger partial charge >= 0.3 is 39.5 Å². The van der Waals surface area contributed by atoms with Crippen molar-refractivity contribution in [3.05, 3.63) is 24.3 Å². The Morgan fingerprint density at radius 2 is 0.587 bits per heavy atom. The van der Waals surface area contributed by atoms with Gasteiger partial charge in [-0.15, -0.1) is 0 Å². The fourth-order valence-corrected chi connectivity index (χ4v) is 12.1. The number of hydrogen-bond acceptors (Lipinski definition) is 15. The van der Waals surface area contributed by atoms with Gasteiger partial charge in [0, 0.05) is 25.7 Å². The summed E-state index contributed by atoms with van der Waals surface area (Å²) in [5.74, 6) is 0.0529. The molecule has 0 aliphatic carbocycles. The van der Waals surface area contributed by atoms with Gasteiger partial charge in [-0.1, -0.05) is 291 Å². The van der Waals surface area contributed by atoms with Crippen LogP contribution in [0.3, 0.4) is 0 Å². The van der Waals surface area contributed by atoms with E-state index in [0.29, 0.717) is 31.6 Å². The molecule has 0 aliphatic heterocycles. The molecule has 5 atom stereocenters. The number of carbonyl (C=O) groups is 4. The first kappa shape index (κ1) is 89.5. The maximum absolute atomic E-state index is 13.0. The van der Waals surface area contributed by atoms with E-state index in [1.807, 2.05) is 0 Å². The van der Waals surface area contributed by atoms with Crippen molar-refractivity contribution in [3.8, 4) is 0 Å². The number of carbonyl (C=O) groups excluding carboxylic acids is 4. The van der Waals surface area contributed by atoms with Crippen LogP contribution in [0.25, 0.3) is 0 Å². The molecule has 92 heavy (non-hydrogen) atoms. The summed E-state index contributed by atoms with van der Waals surface area (Å²) in [7, 11) is -9.92. The number of ether oxygens (including phenoxy) is 4. The maximum Gasteiger partial charge on any atom is 0.472 e. The van der Waals surface area contributed by atoms with Crippen LogP contribution in [0.2, 0.25) is 0 Å². The number of rotatable bonds is 69. The Kier molecular flexibility index (Phi) is 61.6. The lowest BCUT2D eigenvalue weighted by Crippen LogP contribution is -2.30. The third-order valence-electron chi connectivity index (χ3n) is 16.3. The Balaban J connectivity index is 5.28. The number of esters is 4. The van der Waals surface area contributed by atoms with Crippen LogP contribution in [0.5, 0.6) is 0 Å². The van der Waals surface area contributed by atoms with Crippen molar-refractivity contribution in [3.63, 3.8) is 0 Å². The first-order chi connectivity index (χ1) is 44.2. The number of aliphatic hydroxyl groups excluding tert-OH is 1. The first-order valence-corrected chi connectivity index (χ1v) is 40.2. The van der Waals surface area contributed by atoms with E-state index in [1.165, 1.54) is 135 Å². The molecule has 0 rings (SSSR count). The topological polar surface area (TPSA) is 237 Å². The van der Waals surface area contributed by atoms with Gasteiger partial charge in [-0.3, -0.25) is 37.3 Å². The molecule has 0 heterocycles. The summed E-state index contributed by atoms with van der Waals surface area (Å²) in [5, 5.41) is 10.6. The van der Waals surface area contributed by atoms with E-state index in [2.05, 4.69) is 72.8 Å². The molecule has 2 unspecified atom stereocenters. The molecule has 0 bridgehead atoms. The summed E-state index contributed by atoms with van der Waals surface area (Å²) in [6.45, 7) is 11.7. The van der Waals surface area contributed by atoms with Crippen molar-refractivity contribution in [1.29, 1.82) is 0 Å². The van der Waals surface area contributed by atoms with Gasteiger partial charge in [0.2, 0.25) is 0 Å². The minimum atomic E-state index is -4.96. The number of phosphoric acid groups is 2. The molecule has 0 spiro atoms. The smallest absolute Gasteiger partial charge is 0.462 e. The highest BCUT2D eigenvalue weighted by Crippen LogP contribution is 2.45. The summed E-state index contributed by atoms with van der Waals surface area (Å²) in [6, 6.07) is 0. The molecule has 0 amide bonds. The van der Waals surface area contributed by atoms with Gasteiger partial charge in [0.1, 0.15) is 19.3 Å². The van der Waals surface area contributed by atoms with E-state index in [0.717, 1.165) is 121 Å². The standard InChI is InChI=1S/C73H138O17P2/c1-8-9-10-11-12-13-14-15-16-17-22-28-33-42-49-56-72(77)89-68(60-83-70(75)54-47-40-32-27-21-19-18-20-25-30-37-44-51-64(2)3)62-87-91(79,80)85-58-67(74)59-86-92(81,82)88-63-69(61-84-71(76)55-48-41-36-35-39-46-53-66(6)7)90-73(78)57-50-43-34-29-24-23-26-31-38-45-52-65(4)5/h13-16,64-69,74H,8-12,17-63H2,1-7H3,(H,79,80)(H,81,82)/b14-13-,16-15-/t67-,68-,69-/m1/s1. The lowest BCUT2D eigenvalue weighted by atomic mass is 10.0. The lowest BCUT2D eigenvalue weighted by molar-refractivity contribution is -0.161. The number of unbranched alkanes of at least 4 members (excludes halogenated alkanes) is 34. The van der Waals surface area contributed by atoms with Crippen LogP contribution in [0.15, 0.2) is 24.3 Å². The second-order valence-corrected chi connectivity index (χ2v) is 30.0. The van der Waals surface area contributed by atoms with Crippen molar-refractivity contribution in [1.82, 2.24) is 0 Å². The SMILES string of the molecule is CCCCCC/C=C\C=C/CCCCCCCC(=O)O[C@H](COC(=O)CCCCCCCCCCCCCCC(C)C)COP(=O)(O)OC[C@@H](O)COP(=O)(O)OC[C@@H](COC(=O)CCCCCCCCC(C)C)OC(=O)CCCCCCCCCCCCC(C)C. The Morgan fingerprint density at radius 3 is 0.880 bits per heavy atom. The van der Waals surface area contributed by atoms with Crippen LogP contribution in [-0.4, -0.2) is 96.7 Å². The Morgan fingerprint density at radius 1 is 0.337 bits per heavy atom. The Hall–Kier alpha value is -2.46. The summed E-state index contributed by atoms with van der Waals surface area (Å²) in [5.41, 5.74) is 0. The van der Waals surface area contributed by atoms with Gasteiger partial charge in [0.15, 0.2) is 12.2 Å². The number of aliphatic hydroxyl groups is 1. The Labute approximate surface area is 561 Å². The van der Waals surface area contributed by atoms with Crippen LogP contribution >= 0.6 is 15.6 Å². The fraction of sp³-hybridized carbons (Fsp3) is 0.890. The zero-order valence-corrected chi connectivity index (χ0v) is 61.3. The van der Waals surface area contributed by atoms with E-state index in [1.54, 1.807) is 0 Å². The van der Waals surface area contributed by atoms with Gasteiger partial charge in [-0.05, 0) is 69.1 Å². The number of allylic oxidation sites excluding steroid dienone is 4. The molecule has 0 aromatic heterocycles. The number of phosphoric ester groups is 2. The second kappa shape index (κ2) is 63.3. The third-order valence-corrected chi connectivity index (χ3v) is 18.2. The Bertz CT molecular complexity index is 1890. The monoisotopic (exact) mass is 1350 g/mol. The zero-order valence-electron chi connectivity index (χ0n) is 59.5. The molecule has 0 saturated carbocycles. The fourth-order valence-electron chi connectivity index (χ4n) is 10.5. The highest BCUT2D eigenvalue weighted by atomic mass is 31.2. The van der Waals surface area contributed by atoms with Crippen molar-refractivity contribution < 1.29 is 80.2 Å². The minimum Gasteiger partial charge on any atom is -0.462 e. The van der Waals surface area contributed by atoms with Gasteiger partial charge in [-0.25, -0.2) is 9.13 Å². The summed E-state index contributed by atoms with van der Waals surface area (Å²) >= 11 is 0. The predicted molar refractivity (Wildman–Crippen MR) is 372 cm³/mol. The van der Waals surface area contributed by atoms with Crippen LogP contribution < -0.4 is 0 Å². The van der Waals surface area contributed by atoms with Gasteiger partial charge < -0.3 is 33.8 Å². The van der Waals surface area contributed by atoms with Gasteiger partial charge in [0.05, 0.1) is 26.4 Å². The quantitative estimate of drug-likeness (QED) is 0.0169. The zero-order chi connectivity index (χ0) is 68.0. The minimum absolute atomic E-state index is 0.0845. The van der Waals surface area contributed by atoms with Gasteiger partial charge in [0.25, 0.3) is 0 Å². The van der Waals surface area contributed by atoms with E-state index < -0.39 is 97.5 Å². The molecule has 0 aromatic rings. The third kappa shape index (κ3) is 66.2. The molecular weight excluding hydrogens is 1210 g/mol. The summed E-state index contributed by atoms with van der Waals surface area (Å²) in [6.07, 6.45) is 50.9. The van der Waals surface area contributed by atoms with Crippen LogP contribution in [-0.2, 0) is 65.4 Å². The van der Waals surface area contributed by atoms with E-state index in [4.69, 9.17) is 37.0 Å². The molecule has 0 aliphatic rings. The highest BCUT2D eigenvalue weighted by molar-refractivity contribution is 7.47. The largest absolute Gasteiger partial charge is 0.472 e.